The number of nitrogens with zero attached hydrogens (tertiary/aromatic N) is 1. The molecule has 0 saturated carbocycles. The minimum absolute atomic E-state index is 0.213. The first-order chi connectivity index (χ1) is 11.5. The van der Waals surface area contributed by atoms with Crippen LogP contribution in [0.5, 0.6) is 5.75 Å². The summed E-state index contributed by atoms with van der Waals surface area (Å²) >= 11 is 0. The minimum atomic E-state index is -4.40. The van der Waals surface area contributed by atoms with Gasteiger partial charge in [0.2, 0.25) is 0 Å². The molecule has 1 aromatic heterocycles. The van der Waals surface area contributed by atoms with Crippen molar-refractivity contribution < 1.29 is 22.3 Å². The van der Waals surface area contributed by atoms with E-state index in [1.165, 1.54) is 13.2 Å². The summed E-state index contributed by atoms with van der Waals surface area (Å²) in [7, 11) is 1.38. The van der Waals surface area contributed by atoms with Crippen LogP contribution in [0.2, 0.25) is 0 Å². The largest absolute Gasteiger partial charge is 0.496 e. The number of hydrogen-bond acceptors (Lipinski definition) is 4. The van der Waals surface area contributed by atoms with Gasteiger partial charge in [-0.2, -0.15) is 13.2 Å². The highest BCUT2D eigenvalue weighted by Crippen LogP contribution is 2.39. The first kappa shape index (κ1) is 16.9. The summed E-state index contributed by atoms with van der Waals surface area (Å²) in [4.78, 5) is 2.18. The number of benzene rings is 1. The Labute approximate surface area is 138 Å². The number of alkyl halides is 3. The molecular weight excluding hydrogens is 321 g/mol. The highest BCUT2D eigenvalue weighted by Gasteiger charge is 2.34. The zero-order chi connectivity index (χ0) is 17.2. The average molecular weight is 340 g/mol. The van der Waals surface area contributed by atoms with E-state index in [0.717, 1.165) is 38.3 Å². The number of nitrogens with one attached hydrogen (secondary N) is 1. The van der Waals surface area contributed by atoms with Gasteiger partial charge < -0.3 is 14.5 Å². The van der Waals surface area contributed by atoms with Crippen molar-refractivity contribution in [3.8, 4) is 5.75 Å². The second kappa shape index (κ2) is 6.86. The van der Waals surface area contributed by atoms with Gasteiger partial charge in [-0.3, -0.25) is 4.90 Å². The Balaban J connectivity index is 2.04. The van der Waals surface area contributed by atoms with E-state index < -0.39 is 11.7 Å². The number of ether oxygens (including phenoxy) is 1. The number of halogens is 3. The topological polar surface area (TPSA) is 37.6 Å². The molecule has 4 nitrogen and oxygen atoms in total. The maximum Gasteiger partial charge on any atom is 0.416 e. The van der Waals surface area contributed by atoms with Crippen LogP contribution >= 0.6 is 0 Å². The molecule has 7 heteroatoms. The lowest BCUT2D eigenvalue weighted by atomic mass is 9.99. The molecule has 0 spiro atoms. The Kier molecular flexibility index (Phi) is 4.82. The average Bonchev–Trinajstić information content (AvgIpc) is 3.09. The maximum absolute atomic E-state index is 13.0. The summed E-state index contributed by atoms with van der Waals surface area (Å²) in [6.45, 7) is 3.19. The standard InChI is InChI=1S/C17H19F3N2O2/c1-23-15-11-12(17(18,19)20)4-5-13(15)16(14-3-2-10-24-14)22-8-6-21-7-9-22/h2-5,10-11,16,21H,6-9H2,1H3/t16-/m0/s1. The van der Waals surface area contributed by atoms with Crippen LogP contribution in [0.15, 0.2) is 41.0 Å². The third kappa shape index (κ3) is 3.42. The fourth-order valence-corrected chi connectivity index (χ4v) is 3.03. The molecule has 1 N–H and O–H groups in total. The van der Waals surface area contributed by atoms with Crippen LogP contribution in [0.25, 0.3) is 0 Å². The van der Waals surface area contributed by atoms with Gasteiger partial charge in [0.05, 0.1) is 25.0 Å². The van der Waals surface area contributed by atoms with Crippen molar-refractivity contribution in [2.75, 3.05) is 33.3 Å². The van der Waals surface area contributed by atoms with Gasteiger partial charge in [-0.05, 0) is 24.3 Å². The van der Waals surface area contributed by atoms with Crippen LogP contribution in [0, 0.1) is 0 Å². The number of rotatable bonds is 4. The van der Waals surface area contributed by atoms with Crippen molar-refractivity contribution in [2.45, 2.75) is 12.2 Å². The Hall–Kier alpha value is -1.99. The lowest BCUT2D eigenvalue weighted by molar-refractivity contribution is -0.137. The molecule has 1 atom stereocenters. The van der Waals surface area contributed by atoms with Gasteiger partial charge in [0.1, 0.15) is 11.5 Å². The van der Waals surface area contributed by atoms with Gasteiger partial charge in [0, 0.05) is 31.7 Å². The van der Waals surface area contributed by atoms with Crippen molar-refractivity contribution in [3.63, 3.8) is 0 Å². The van der Waals surface area contributed by atoms with E-state index in [-0.39, 0.29) is 11.8 Å². The van der Waals surface area contributed by atoms with E-state index in [4.69, 9.17) is 9.15 Å². The number of methoxy groups -OCH3 is 1. The van der Waals surface area contributed by atoms with Gasteiger partial charge >= 0.3 is 6.18 Å². The predicted molar refractivity (Wildman–Crippen MR) is 83.0 cm³/mol. The quantitative estimate of drug-likeness (QED) is 0.927. The van der Waals surface area contributed by atoms with Gasteiger partial charge in [0.25, 0.3) is 0 Å². The Bertz CT molecular complexity index is 665. The zero-order valence-electron chi connectivity index (χ0n) is 13.3. The maximum atomic E-state index is 13.0. The molecule has 24 heavy (non-hydrogen) atoms. The number of furan rings is 1. The molecule has 2 heterocycles. The van der Waals surface area contributed by atoms with Crippen molar-refractivity contribution in [1.82, 2.24) is 10.2 Å². The van der Waals surface area contributed by atoms with Crippen LogP contribution in [-0.2, 0) is 6.18 Å². The summed E-state index contributed by atoms with van der Waals surface area (Å²) < 4.78 is 49.7. The molecule has 130 valence electrons. The predicted octanol–water partition coefficient (Wildman–Crippen LogP) is 3.30. The van der Waals surface area contributed by atoms with Crippen molar-refractivity contribution >= 4 is 0 Å². The lowest BCUT2D eigenvalue weighted by Gasteiger charge is -2.34. The summed E-state index contributed by atoms with van der Waals surface area (Å²) in [6, 6.07) is 6.96. The molecule has 0 amide bonds. The van der Waals surface area contributed by atoms with Gasteiger partial charge in [-0.15, -0.1) is 0 Å². The smallest absolute Gasteiger partial charge is 0.416 e. The van der Waals surface area contributed by atoms with Crippen LogP contribution in [0.1, 0.15) is 22.9 Å². The minimum Gasteiger partial charge on any atom is -0.496 e. The lowest BCUT2D eigenvalue weighted by Crippen LogP contribution is -2.45. The van der Waals surface area contributed by atoms with Crippen LogP contribution < -0.4 is 10.1 Å². The molecule has 0 unspecified atom stereocenters. The Morgan fingerprint density at radius 3 is 2.54 bits per heavy atom. The second-order valence-electron chi connectivity index (χ2n) is 5.66. The molecule has 2 aromatic rings. The fourth-order valence-electron chi connectivity index (χ4n) is 3.03. The molecule has 1 fully saturated rings. The fraction of sp³-hybridized carbons (Fsp3) is 0.412. The summed E-state index contributed by atoms with van der Waals surface area (Å²) in [6.07, 6.45) is -2.83. The number of hydrogen-bond donors (Lipinski definition) is 1. The zero-order valence-corrected chi connectivity index (χ0v) is 13.3. The third-order valence-electron chi connectivity index (χ3n) is 4.18. The van der Waals surface area contributed by atoms with E-state index in [9.17, 15) is 13.2 Å². The molecular formula is C17H19F3N2O2. The van der Waals surface area contributed by atoms with Crippen molar-refractivity contribution in [3.05, 3.63) is 53.5 Å². The highest BCUT2D eigenvalue weighted by atomic mass is 19.4. The Morgan fingerprint density at radius 1 is 1.21 bits per heavy atom. The third-order valence-corrected chi connectivity index (χ3v) is 4.18. The van der Waals surface area contributed by atoms with Gasteiger partial charge in [-0.25, -0.2) is 0 Å². The second-order valence-corrected chi connectivity index (χ2v) is 5.66. The van der Waals surface area contributed by atoms with E-state index >= 15 is 0 Å². The van der Waals surface area contributed by atoms with E-state index in [2.05, 4.69) is 10.2 Å². The first-order valence-electron chi connectivity index (χ1n) is 7.74. The Morgan fingerprint density at radius 2 is 1.96 bits per heavy atom. The SMILES string of the molecule is COc1cc(C(F)(F)F)ccc1[C@@H](c1ccco1)N1CCNCC1. The number of piperazine rings is 1. The van der Waals surface area contributed by atoms with Gasteiger partial charge in [-0.1, -0.05) is 6.07 Å². The molecule has 1 aromatic carbocycles. The van der Waals surface area contributed by atoms with Gasteiger partial charge in [0.15, 0.2) is 0 Å². The summed E-state index contributed by atoms with van der Waals surface area (Å²) in [5, 5.41) is 3.27. The highest BCUT2D eigenvalue weighted by molar-refractivity contribution is 5.43. The molecule has 0 aliphatic carbocycles. The molecule has 3 rings (SSSR count). The summed E-state index contributed by atoms with van der Waals surface area (Å²) in [5.74, 6) is 0.903. The van der Waals surface area contributed by atoms with Crippen LogP contribution in [0.3, 0.4) is 0 Å². The summed E-state index contributed by atoms with van der Waals surface area (Å²) in [5.41, 5.74) is -0.0519. The molecule has 1 aliphatic heterocycles. The molecule has 0 radical (unpaired) electrons. The van der Waals surface area contributed by atoms with Crippen molar-refractivity contribution in [1.29, 1.82) is 0 Å². The first-order valence-corrected chi connectivity index (χ1v) is 7.74. The van der Waals surface area contributed by atoms with Crippen molar-refractivity contribution in [2.24, 2.45) is 0 Å². The molecule has 0 bridgehead atoms. The van der Waals surface area contributed by atoms with Crippen LogP contribution in [-0.4, -0.2) is 38.2 Å². The van der Waals surface area contributed by atoms with E-state index in [1.54, 1.807) is 12.3 Å². The normalized spacial score (nSPS) is 17.7. The van der Waals surface area contributed by atoms with E-state index in [0.29, 0.717) is 11.3 Å². The van der Waals surface area contributed by atoms with Crippen LogP contribution in [0.4, 0.5) is 13.2 Å². The molecule has 1 aliphatic rings. The van der Waals surface area contributed by atoms with E-state index in [1.807, 2.05) is 6.07 Å². The monoisotopic (exact) mass is 340 g/mol. The molecule has 1 saturated heterocycles.